The number of esters is 1. The smallest absolute Gasteiger partial charge is 0.306 e. The third kappa shape index (κ3) is 5.45. The summed E-state index contributed by atoms with van der Waals surface area (Å²) in [5.41, 5.74) is 2.12. The Morgan fingerprint density at radius 1 is 1.14 bits per heavy atom. The van der Waals surface area contributed by atoms with Crippen LogP contribution in [0, 0.1) is 0 Å². The second kappa shape index (κ2) is 7.28. The Hall–Kier alpha value is -1.35. The van der Waals surface area contributed by atoms with Gasteiger partial charge in [0.05, 0.1) is 6.10 Å². The van der Waals surface area contributed by atoms with Gasteiger partial charge in [0, 0.05) is 6.42 Å². The van der Waals surface area contributed by atoms with E-state index in [1.165, 1.54) is 11.1 Å². The Balaban J connectivity index is 1.83. The van der Waals surface area contributed by atoms with Crippen LogP contribution in [0.2, 0.25) is 0 Å². The third-order valence-corrected chi connectivity index (χ3v) is 4.19. The molecule has 1 aliphatic rings. The number of benzene rings is 1. The zero-order valence-electron chi connectivity index (χ0n) is 14.0. The molecule has 1 saturated carbocycles. The van der Waals surface area contributed by atoms with Crippen LogP contribution >= 0.6 is 0 Å². The van der Waals surface area contributed by atoms with Crippen LogP contribution in [-0.2, 0) is 16.0 Å². The van der Waals surface area contributed by atoms with Crippen LogP contribution in [0.25, 0.3) is 0 Å². The number of aliphatic hydroxyl groups excluding tert-OH is 1. The minimum atomic E-state index is -0.410. The molecule has 1 aliphatic carbocycles. The molecule has 0 aromatic heterocycles. The fourth-order valence-electron chi connectivity index (χ4n) is 3.00. The highest BCUT2D eigenvalue weighted by Gasteiger charge is 2.20. The second-order valence-corrected chi connectivity index (χ2v) is 7.33. The summed E-state index contributed by atoms with van der Waals surface area (Å²) in [6.07, 6.45) is 4.99. The molecule has 1 aromatic rings. The molecule has 0 saturated heterocycles. The molecule has 122 valence electrons. The summed E-state index contributed by atoms with van der Waals surface area (Å²) >= 11 is 0. The van der Waals surface area contributed by atoms with E-state index in [4.69, 9.17) is 4.74 Å². The maximum absolute atomic E-state index is 11.7. The highest BCUT2D eigenvalue weighted by atomic mass is 16.6. The molecule has 2 rings (SSSR count). The van der Waals surface area contributed by atoms with E-state index in [9.17, 15) is 9.90 Å². The van der Waals surface area contributed by atoms with Crippen LogP contribution < -0.4 is 0 Å². The number of rotatable bonds is 4. The molecule has 1 aromatic carbocycles. The van der Waals surface area contributed by atoms with Crippen molar-refractivity contribution in [3.05, 3.63) is 35.4 Å². The highest BCUT2D eigenvalue weighted by molar-refractivity contribution is 5.70. The van der Waals surface area contributed by atoms with E-state index in [1.807, 2.05) is 20.8 Å². The van der Waals surface area contributed by atoms with Crippen LogP contribution in [-0.4, -0.2) is 22.8 Å². The van der Waals surface area contributed by atoms with Gasteiger partial charge in [-0.3, -0.25) is 4.79 Å². The minimum Gasteiger partial charge on any atom is -0.460 e. The fourth-order valence-corrected chi connectivity index (χ4v) is 3.00. The molecule has 0 bridgehead atoms. The lowest BCUT2D eigenvalue weighted by atomic mass is 9.82. The average Bonchev–Trinajstić information content (AvgIpc) is 2.45. The van der Waals surface area contributed by atoms with Crippen LogP contribution in [0.15, 0.2) is 24.3 Å². The predicted octanol–water partition coefficient (Wildman–Crippen LogP) is 3.98. The number of ether oxygens (including phenoxy) is 1. The summed E-state index contributed by atoms with van der Waals surface area (Å²) in [5.74, 6) is 0.432. The Bertz CT molecular complexity index is 476. The van der Waals surface area contributed by atoms with Crippen molar-refractivity contribution in [2.24, 2.45) is 0 Å². The molecule has 0 atom stereocenters. The van der Waals surface area contributed by atoms with E-state index in [0.717, 1.165) is 32.1 Å². The lowest BCUT2D eigenvalue weighted by Gasteiger charge is -2.25. The summed E-state index contributed by atoms with van der Waals surface area (Å²) in [6.45, 7) is 5.67. The molecule has 1 fully saturated rings. The van der Waals surface area contributed by atoms with Crippen molar-refractivity contribution in [1.29, 1.82) is 0 Å². The molecule has 0 radical (unpaired) electrons. The van der Waals surface area contributed by atoms with Gasteiger partial charge >= 0.3 is 5.97 Å². The normalized spacial score (nSPS) is 22.4. The van der Waals surface area contributed by atoms with Crippen molar-refractivity contribution < 1.29 is 14.6 Å². The first-order chi connectivity index (χ1) is 10.3. The van der Waals surface area contributed by atoms with Crippen molar-refractivity contribution in [3.8, 4) is 0 Å². The van der Waals surface area contributed by atoms with Gasteiger partial charge in [-0.2, -0.15) is 0 Å². The van der Waals surface area contributed by atoms with Crippen LogP contribution in [0.1, 0.15) is 69.9 Å². The van der Waals surface area contributed by atoms with E-state index in [0.29, 0.717) is 12.3 Å². The first kappa shape index (κ1) is 17.0. The topological polar surface area (TPSA) is 46.5 Å². The van der Waals surface area contributed by atoms with E-state index in [2.05, 4.69) is 24.3 Å². The molecular weight excluding hydrogens is 276 g/mol. The van der Waals surface area contributed by atoms with Crippen molar-refractivity contribution >= 4 is 5.97 Å². The van der Waals surface area contributed by atoms with E-state index < -0.39 is 5.60 Å². The predicted molar refractivity (Wildman–Crippen MR) is 87.8 cm³/mol. The SMILES string of the molecule is CC(C)(C)OC(=O)CCc1ccc(C2CCC(O)CC2)cc1. The molecule has 3 nitrogen and oxygen atoms in total. The van der Waals surface area contributed by atoms with Crippen LogP contribution in [0.4, 0.5) is 0 Å². The van der Waals surface area contributed by atoms with Crippen LogP contribution in [0.3, 0.4) is 0 Å². The first-order valence-corrected chi connectivity index (χ1v) is 8.32. The molecule has 22 heavy (non-hydrogen) atoms. The first-order valence-electron chi connectivity index (χ1n) is 8.32. The molecule has 0 aliphatic heterocycles. The van der Waals surface area contributed by atoms with E-state index in [1.54, 1.807) is 0 Å². The van der Waals surface area contributed by atoms with Gasteiger partial charge in [-0.25, -0.2) is 0 Å². The lowest BCUT2D eigenvalue weighted by Crippen LogP contribution is -2.24. The Morgan fingerprint density at radius 3 is 2.27 bits per heavy atom. The van der Waals surface area contributed by atoms with Crippen molar-refractivity contribution in [3.63, 3.8) is 0 Å². The summed E-state index contributed by atoms with van der Waals surface area (Å²) < 4.78 is 5.33. The number of hydrogen-bond donors (Lipinski definition) is 1. The minimum absolute atomic E-state index is 0.107. The second-order valence-electron chi connectivity index (χ2n) is 7.33. The number of carbonyl (C=O) groups excluding carboxylic acids is 1. The quantitative estimate of drug-likeness (QED) is 0.856. The van der Waals surface area contributed by atoms with Gasteiger partial charge in [0.25, 0.3) is 0 Å². The molecule has 1 N–H and O–H groups in total. The molecule has 0 unspecified atom stereocenters. The number of carbonyl (C=O) groups is 1. The van der Waals surface area contributed by atoms with Crippen molar-refractivity contribution in [1.82, 2.24) is 0 Å². The van der Waals surface area contributed by atoms with Gasteiger partial charge in [0.2, 0.25) is 0 Å². The summed E-state index contributed by atoms with van der Waals surface area (Å²) in [7, 11) is 0. The maximum Gasteiger partial charge on any atom is 0.306 e. The summed E-state index contributed by atoms with van der Waals surface area (Å²) in [4.78, 5) is 11.7. The van der Waals surface area contributed by atoms with Gasteiger partial charge in [-0.15, -0.1) is 0 Å². The largest absolute Gasteiger partial charge is 0.460 e. The number of aryl methyl sites for hydroxylation is 1. The monoisotopic (exact) mass is 304 g/mol. The summed E-state index contributed by atoms with van der Waals surface area (Å²) in [6, 6.07) is 8.58. The van der Waals surface area contributed by atoms with E-state index >= 15 is 0 Å². The van der Waals surface area contributed by atoms with Crippen molar-refractivity contribution in [2.75, 3.05) is 0 Å². The zero-order valence-corrected chi connectivity index (χ0v) is 14.0. The molecular formula is C19H28O3. The number of hydrogen-bond acceptors (Lipinski definition) is 3. The fraction of sp³-hybridized carbons (Fsp3) is 0.632. The molecule has 0 heterocycles. The Kier molecular flexibility index (Phi) is 5.63. The number of aliphatic hydroxyl groups is 1. The zero-order chi connectivity index (χ0) is 16.2. The highest BCUT2D eigenvalue weighted by Crippen LogP contribution is 2.32. The van der Waals surface area contributed by atoms with E-state index in [-0.39, 0.29) is 12.1 Å². The van der Waals surface area contributed by atoms with Gasteiger partial charge in [0.15, 0.2) is 0 Å². The van der Waals surface area contributed by atoms with Gasteiger partial charge < -0.3 is 9.84 Å². The third-order valence-electron chi connectivity index (χ3n) is 4.19. The van der Waals surface area contributed by atoms with Gasteiger partial charge in [-0.1, -0.05) is 24.3 Å². The average molecular weight is 304 g/mol. The molecule has 0 spiro atoms. The summed E-state index contributed by atoms with van der Waals surface area (Å²) in [5, 5.41) is 9.58. The van der Waals surface area contributed by atoms with Gasteiger partial charge in [0.1, 0.15) is 5.60 Å². The lowest BCUT2D eigenvalue weighted by molar-refractivity contribution is -0.154. The molecule has 0 amide bonds. The Morgan fingerprint density at radius 2 is 1.73 bits per heavy atom. The maximum atomic E-state index is 11.7. The van der Waals surface area contributed by atoms with Crippen LogP contribution in [0.5, 0.6) is 0 Å². The van der Waals surface area contributed by atoms with Crippen molar-refractivity contribution in [2.45, 2.75) is 76.9 Å². The Labute approximate surface area is 133 Å². The molecule has 3 heteroatoms. The standard InChI is InChI=1S/C19H28O3/c1-19(2,3)22-18(21)13-6-14-4-7-15(8-5-14)16-9-11-17(20)12-10-16/h4-5,7-8,16-17,20H,6,9-13H2,1-3H3. The van der Waals surface area contributed by atoms with Gasteiger partial charge in [-0.05, 0) is 69.9 Å².